The Morgan fingerprint density at radius 1 is 1.07 bits per heavy atom. The van der Waals surface area contributed by atoms with Crippen molar-refractivity contribution in [3.05, 3.63) is 66.1 Å². The van der Waals surface area contributed by atoms with E-state index in [9.17, 15) is 5.26 Å². The predicted molar refractivity (Wildman–Crippen MR) is 103 cm³/mol. The zero-order chi connectivity index (χ0) is 19.3. The predicted octanol–water partition coefficient (Wildman–Crippen LogP) is 3.18. The Morgan fingerprint density at radius 2 is 1.93 bits per heavy atom. The van der Waals surface area contributed by atoms with Crippen LogP contribution in [-0.4, -0.2) is 25.1 Å². The third kappa shape index (κ3) is 3.68. The van der Waals surface area contributed by atoms with E-state index in [0.717, 1.165) is 5.56 Å². The minimum absolute atomic E-state index is 0.329. The molecule has 0 amide bonds. The molecule has 0 saturated heterocycles. The number of nitrogens with two attached hydrogens (primary N) is 1. The second-order valence-corrected chi connectivity index (χ2v) is 6.57. The summed E-state index contributed by atoms with van der Waals surface area (Å²) in [5.74, 6) is 0.884. The maximum absolute atomic E-state index is 9.23. The van der Waals surface area contributed by atoms with E-state index in [1.807, 2.05) is 18.2 Å². The molecule has 0 unspecified atom stereocenters. The molecule has 2 N–H and O–H groups in total. The Balaban J connectivity index is 1.68. The number of benzene rings is 1. The van der Waals surface area contributed by atoms with Crippen molar-refractivity contribution in [3.63, 3.8) is 0 Å². The first-order valence-electron chi connectivity index (χ1n) is 8.25. The first-order valence-corrected chi connectivity index (χ1v) is 9.07. The van der Waals surface area contributed by atoms with E-state index in [2.05, 4.69) is 31.2 Å². The molecule has 3 aromatic heterocycles. The lowest BCUT2D eigenvalue weighted by molar-refractivity contribution is 0.474. The van der Waals surface area contributed by atoms with E-state index in [1.54, 1.807) is 36.8 Å². The molecule has 0 fully saturated rings. The van der Waals surface area contributed by atoms with Gasteiger partial charge in [-0.2, -0.15) is 5.26 Å². The smallest absolute Gasteiger partial charge is 0.299 e. The topological polar surface area (TPSA) is 123 Å². The van der Waals surface area contributed by atoms with Crippen LogP contribution in [0.25, 0.3) is 22.1 Å². The van der Waals surface area contributed by atoms with Crippen LogP contribution < -0.4 is 10.5 Å². The van der Waals surface area contributed by atoms with Crippen LogP contribution in [0.5, 0.6) is 10.9 Å². The average Bonchev–Trinajstić information content (AvgIpc) is 3.23. The van der Waals surface area contributed by atoms with E-state index >= 15 is 0 Å². The van der Waals surface area contributed by atoms with Crippen molar-refractivity contribution in [1.82, 2.24) is 25.1 Å². The highest BCUT2D eigenvalue weighted by atomic mass is 32.1. The summed E-state index contributed by atoms with van der Waals surface area (Å²) >= 11 is 1.26. The summed E-state index contributed by atoms with van der Waals surface area (Å²) in [7, 11) is 0. The van der Waals surface area contributed by atoms with Crippen LogP contribution in [0.2, 0.25) is 0 Å². The molecule has 9 heteroatoms. The number of hydrogen-bond acceptors (Lipinski definition) is 9. The van der Waals surface area contributed by atoms with Gasteiger partial charge >= 0.3 is 0 Å². The van der Waals surface area contributed by atoms with Crippen molar-refractivity contribution in [2.24, 2.45) is 5.73 Å². The SMILES string of the molecule is N#Cc1ccc(-c2ncc(CN)cn2)c(Oc2nnc(-c3ccccn3)s2)c1. The molecule has 8 nitrogen and oxygen atoms in total. The zero-order valence-electron chi connectivity index (χ0n) is 14.5. The van der Waals surface area contributed by atoms with Crippen molar-refractivity contribution < 1.29 is 4.74 Å². The van der Waals surface area contributed by atoms with Crippen LogP contribution in [0.15, 0.2) is 55.0 Å². The second kappa shape index (κ2) is 7.87. The number of rotatable bonds is 5. The lowest BCUT2D eigenvalue weighted by Gasteiger charge is -2.08. The van der Waals surface area contributed by atoms with Crippen molar-refractivity contribution >= 4 is 11.3 Å². The average molecular weight is 387 g/mol. The maximum Gasteiger partial charge on any atom is 0.299 e. The number of nitrogens with zero attached hydrogens (tertiary/aromatic N) is 6. The molecular formula is C19H13N7OS. The van der Waals surface area contributed by atoms with E-state index < -0.39 is 0 Å². The molecule has 28 heavy (non-hydrogen) atoms. The summed E-state index contributed by atoms with van der Waals surface area (Å²) in [5.41, 5.74) is 8.22. The molecule has 3 heterocycles. The summed E-state index contributed by atoms with van der Waals surface area (Å²) in [6, 6.07) is 12.7. The molecule has 0 aliphatic rings. The van der Waals surface area contributed by atoms with Crippen LogP contribution in [0, 0.1) is 11.3 Å². The molecular weight excluding hydrogens is 374 g/mol. The van der Waals surface area contributed by atoms with Crippen molar-refractivity contribution in [1.29, 1.82) is 5.26 Å². The van der Waals surface area contributed by atoms with Crippen molar-refractivity contribution in [3.8, 4) is 39.1 Å². The fraction of sp³-hybridized carbons (Fsp3) is 0.0526. The van der Waals surface area contributed by atoms with Gasteiger partial charge in [-0.25, -0.2) is 9.97 Å². The Bertz CT molecular complexity index is 1140. The third-order valence-electron chi connectivity index (χ3n) is 3.78. The van der Waals surface area contributed by atoms with E-state index in [0.29, 0.717) is 45.1 Å². The molecule has 136 valence electrons. The Hall–Kier alpha value is -3.74. The number of hydrogen-bond donors (Lipinski definition) is 1. The summed E-state index contributed by atoms with van der Waals surface area (Å²) in [5, 5.41) is 18.4. The Morgan fingerprint density at radius 3 is 2.64 bits per heavy atom. The largest absolute Gasteiger partial charge is 0.429 e. The van der Waals surface area contributed by atoms with E-state index in [4.69, 9.17) is 10.5 Å². The van der Waals surface area contributed by atoms with Crippen LogP contribution >= 0.6 is 11.3 Å². The first kappa shape index (κ1) is 17.7. The van der Waals surface area contributed by atoms with Gasteiger partial charge in [0.2, 0.25) is 0 Å². The van der Waals surface area contributed by atoms with Gasteiger partial charge in [0.05, 0.1) is 17.2 Å². The molecule has 0 aliphatic heterocycles. The van der Waals surface area contributed by atoms with Crippen molar-refractivity contribution in [2.75, 3.05) is 0 Å². The van der Waals surface area contributed by atoms with E-state index in [1.165, 1.54) is 11.3 Å². The normalized spacial score (nSPS) is 10.4. The molecule has 0 atom stereocenters. The van der Waals surface area contributed by atoms with Gasteiger partial charge in [0.25, 0.3) is 5.19 Å². The molecule has 0 bridgehead atoms. The fourth-order valence-electron chi connectivity index (χ4n) is 2.40. The Labute approximate surface area is 164 Å². The highest BCUT2D eigenvalue weighted by molar-refractivity contribution is 7.16. The lowest BCUT2D eigenvalue weighted by Crippen LogP contribution is -2.00. The number of nitriles is 1. The molecule has 1 aromatic carbocycles. The van der Waals surface area contributed by atoms with Crippen LogP contribution in [0.3, 0.4) is 0 Å². The van der Waals surface area contributed by atoms with Crippen molar-refractivity contribution in [2.45, 2.75) is 6.54 Å². The third-order valence-corrected chi connectivity index (χ3v) is 4.60. The minimum atomic E-state index is 0.329. The molecule has 0 radical (unpaired) electrons. The standard InChI is InChI=1S/C19H13N7OS/c20-8-12-4-5-14(17-23-10-13(9-21)11-24-17)16(7-12)27-19-26-25-18(28-19)15-3-1-2-6-22-15/h1-7,10-11H,9,21H2. The van der Waals surface area contributed by atoms with Crippen LogP contribution in [0.4, 0.5) is 0 Å². The summed E-state index contributed by atoms with van der Waals surface area (Å²) in [6.45, 7) is 0.359. The number of ether oxygens (including phenoxy) is 1. The second-order valence-electron chi connectivity index (χ2n) is 5.63. The van der Waals surface area contributed by atoms with Gasteiger partial charge in [0, 0.05) is 30.7 Å². The zero-order valence-corrected chi connectivity index (χ0v) is 15.3. The van der Waals surface area contributed by atoms with Gasteiger partial charge in [-0.1, -0.05) is 22.5 Å². The summed E-state index contributed by atoms with van der Waals surface area (Å²) in [4.78, 5) is 12.9. The monoisotopic (exact) mass is 387 g/mol. The Kier molecular flexibility index (Phi) is 4.97. The fourth-order valence-corrected chi connectivity index (χ4v) is 3.08. The molecule has 4 aromatic rings. The molecule has 0 saturated carbocycles. The molecule has 4 rings (SSSR count). The molecule has 0 aliphatic carbocycles. The highest BCUT2D eigenvalue weighted by Gasteiger charge is 2.15. The summed E-state index contributed by atoms with van der Waals surface area (Å²) in [6.07, 6.45) is 5.01. The van der Waals surface area contributed by atoms with Gasteiger partial charge in [0.15, 0.2) is 10.8 Å². The van der Waals surface area contributed by atoms with Crippen LogP contribution in [0.1, 0.15) is 11.1 Å². The highest BCUT2D eigenvalue weighted by Crippen LogP contribution is 2.35. The number of aromatic nitrogens is 5. The first-order chi connectivity index (χ1) is 13.8. The molecule has 0 spiro atoms. The maximum atomic E-state index is 9.23. The minimum Gasteiger partial charge on any atom is -0.429 e. The van der Waals surface area contributed by atoms with Gasteiger partial charge in [0.1, 0.15) is 11.4 Å². The van der Waals surface area contributed by atoms with Gasteiger partial charge in [-0.3, -0.25) is 4.98 Å². The van der Waals surface area contributed by atoms with Crippen LogP contribution in [-0.2, 0) is 6.54 Å². The lowest BCUT2D eigenvalue weighted by atomic mass is 10.1. The van der Waals surface area contributed by atoms with Gasteiger partial charge < -0.3 is 10.5 Å². The van der Waals surface area contributed by atoms with Gasteiger partial charge in [-0.15, -0.1) is 5.10 Å². The van der Waals surface area contributed by atoms with Gasteiger partial charge in [-0.05, 0) is 30.3 Å². The quantitative estimate of drug-likeness (QED) is 0.554. The summed E-state index contributed by atoms with van der Waals surface area (Å²) < 4.78 is 5.93. The van der Waals surface area contributed by atoms with E-state index in [-0.39, 0.29) is 0 Å². The number of pyridine rings is 1.